The third-order valence-electron chi connectivity index (χ3n) is 3.42. The molecule has 0 radical (unpaired) electrons. The van der Waals surface area contributed by atoms with Crippen LogP contribution < -0.4 is 0 Å². The molecule has 1 fully saturated rings. The molecule has 0 bridgehead atoms. The molecule has 1 aliphatic rings. The number of nitrogens with zero attached hydrogens (tertiary/aromatic N) is 1. The minimum Gasteiger partial charge on any atom is -0.465 e. The maximum Gasteiger partial charge on any atom is 0.411 e. The van der Waals surface area contributed by atoms with Crippen molar-refractivity contribution in [3.63, 3.8) is 0 Å². The van der Waals surface area contributed by atoms with E-state index in [1.165, 1.54) is 4.90 Å². The largest absolute Gasteiger partial charge is 0.465 e. The summed E-state index contributed by atoms with van der Waals surface area (Å²) in [4.78, 5) is 12.7. The average Bonchev–Trinajstić information content (AvgIpc) is 2.24. The summed E-state index contributed by atoms with van der Waals surface area (Å²) in [6.07, 6.45) is -3.74. The summed E-state index contributed by atoms with van der Waals surface area (Å²) >= 11 is 0. The molecule has 7 heteroatoms. The Bertz CT molecular complexity index is 331. The van der Waals surface area contributed by atoms with Gasteiger partial charge in [0, 0.05) is 11.6 Å². The summed E-state index contributed by atoms with van der Waals surface area (Å²) in [6.45, 7) is 4.21. The first-order valence-corrected chi connectivity index (χ1v) is 6.71. The molecule has 1 amide bonds. The smallest absolute Gasteiger partial charge is 0.411 e. The Balaban J connectivity index is 2.50. The summed E-state index contributed by atoms with van der Waals surface area (Å²) in [5, 5.41) is 9.28. The lowest BCUT2D eigenvalue weighted by atomic mass is 9.89. The summed E-state index contributed by atoms with van der Waals surface area (Å²) < 4.78 is 41.0. The van der Waals surface area contributed by atoms with Crippen LogP contribution in [0, 0.1) is 0 Å². The SMILES string of the molecule is CC(C)(C)N(C(=O)O)C1CCC(OCC(F)(F)F)CC1. The summed E-state index contributed by atoms with van der Waals surface area (Å²) in [5.41, 5.74) is -0.518. The van der Waals surface area contributed by atoms with Gasteiger partial charge in [-0.3, -0.25) is 0 Å². The van der Waals surface area contributed by atoms with Gasteiger partial charge in [-0.1, -0.05) is 0 Å². The Hall–Kier alpha value is -0.980. The molecule has 0 aromatic heterocycles. The third kappa shape index (κ3) is 5.19. The number of hydrogen-bond acceptors (Lipinski definition) is 2. The van der Waals surface area contributed by atoms with Crippen molar-refractivity contribution in [2.45, 2.75) is 70.3 Å². The molecule has 0 heterocycles. The maximum atomic E-state index is 12.1. The lowest BCUT2D eigenvalue weighted by molar-refractivity contribution is -0.188. The van der Waals surface area contributed by atoms with E-state index in [9.17, 15) is 23.1 Å². The van der Waals surface area contributed by atoms with E-state index < -0.39 is 30.5 Å². The molecule has 0 aliphatic heterocycles. The summed E-state index contributed by atoms with van der Waals surface area (Å²) in [7, 11) is 0. The Kier molecular flexibility index (Phi) is 5.29. The van der Waals surface area contributed by atoms with Crippen molar-refractivity contribution in [2.75, 3.05) is 6.61 Å². The van der Waals surface area contributed by atoms with Crippen molar-refractivity contribution < 1.29 is 27.8 Å². The lowest BCUT2D eigenvalue weighted by Gasteiger charge is -2.42. The number of carboxylic acid groups (broad SMARTS) is 1. The Morgan fingerprint density at radius 3 is 2.05 bits per heavy atom. The minimum absolute atomic E-state index is 0.154. The first-order chi connectivity index (χ1) is 9.00. The number of hydrogen-bond donors (Lipinski definition) is 1. The molecule has 1 rings (SSSR count). The molecular formula is C13H22F3NO3. The molecule has 0 aromatic rings. The number of carbonyl (C=O) groups is 1. The number of halogens is 3. The quantitative estimate of drug-likeness (QED) is 0.865. The zero-order valence-electron chi connectivity index (χ0n) is 12.0. The first-order valence-electron chi connectivity index (χ1n) is 6.71. The molecule has 1 N–H and O–H groups in total. The normalized spacial score (nSPS) is 24.5. The second-order valence-electron chi connectivity index (χ2n) is 6.18. The van der Waals surface area contributed by atoms with Gasteiger partial charge in [0.15, 0.2) is 0 Å². The number of rotatable bonds is 3. The predicted octanol–water partition coefficient (Wildman–Crippen LogP) is 3.66. The zero-order valence-corrected chi connectivity index (χ0v) is 12.0. The number of amides is 1. The molecule has 118 valence electrons. The zero-order chi connectivity index (χ0) is 15.6. The average molecular weight is 297 g/mol. The molecule has 4 nitrogen and oxygen atoms in total. The van der Waals surface area contributed by atoms with Gasteiger partial charge in [-0.05, 0) is 46.5 Å². The maximum absolute atomic E-state index is 12.1. The first kappa shape index (κ1) is 17.1. The van der Waals surface area contributed by atoms with Gasteiger partial charge in [0.25, 0.3) is 0 Å². The lowest BCUT2D eigenvalue weighted by Crippen LogP contribution is -2.52. The standard InChI is InChI=1S/C13H22F3NO3/c1-12(2,3)17(11(18)19)9-4-6-10(7-5-9)20-8-13(14,15)16/h9-10H,4-8H2,1-3H3,(H,18,19). The van der Waals surface area contributed by atoms with Gasteiger partial charge in [-0.2, -0.15) is 13.2 Å². The molecule has 20 heavy (non-hydrogen) atoms. The summed E-state index contributed by atoms with van der Waals surface area (Å²) in [6, 6.07) is -0.154. The van der Waals surface area contributed by atoms with Gasteiger partial charge in [0.2, 0.25) is 0 Å². The fourth-order valence-electron chi connectivity index (χ4n) is 2.67. The van der Waals surface area contributed by atoms with E-state index in [4.69, 9.17) is 4.74 Å². The van der Waals surface area contributed by atoms with Crippen LogP contribution >= 0.6 is 0 Å². The van der Waals surface area contributed by atoms with Gasteiger partial charge in [0.05, 0.1) is 6.10 Å². The Morgan fingerprint density at radius 1 is 1.20 bits per heavy atom. The second kappa shape index (κ2) is 6.20. The van der Waals surface area contributed by atoms with Crippen molar-refractivity contribution in [1.29, 1.82) is 0 Å². The molecule has 1 saturated carbocycles. The van der Waals surface area contributed by atoms with Crippen LogP contribution in [-0.2, 0) is 4.74 Å². The monoisotopic (exact) mass is 297 g/mol. The van der Waals surface area contributed by atoms with Crippen LogP contribution in [-0.4, -0.2) is 46.6 Å². The van der Waals surface area contributed by atoms with Gasteiger partial charge in [-0.15, -0.1) is 0 Å². The Morgan fingerprint density at radius 2 is 1.70 bits per heavy atom. The van der Waals surface area contributed by atoms with Crippen molar-refractivity contribution >= 4 is 6.09 Å². The molecule has 0 unspecified atom stereocenters. The fourth-order valence-corrected chi connectivity index (χ4v) is 2.67. The van der Waals surface area contributed by atoms with E-state index in [1.807, 2.05) is 20.8 Å². The number of alkyl halides is 3. The van der Waals surface area contributed by atoms with Crippen LogP contribution in [0.4, 0.5) is 18.0 Å². The van der Waals surface area contributed by atoms with Crippen LogP contribution in [0.2, 0.25) is 0 Å². The van der Waals surface area contributed by atoms with E-state index >= 15 is 0 Å². The van der Waals surface area contributed by atoms with E-state index in [0.29, 0.717) is 25.7 Å². The van der Waals surface area contributed by atoms with Crippen LogP contribution in [0.3, 0.4) is 0 Å². The van der Waals surface area contributed by atoms with Crippen molar-refractivity contribution in [2.24, 2.45) is 0 Å². The van der Waals surface area contributed by atoms with Crippen molar-refractivity contribution in [1.82, 2.24) is 4.90 Å². The molecular weight excluding hydrogens is 275 g/mol. The van der Waals surface area contributed by atoms with Crippen LogP contribution in [0.15, 0.2) is 0 Å². The summed E-state index contributed by atoms with van der Waals surface area (Å²) in [5.74, 6) is 0. The molecule has 0 spiro atoms. The highest BCUT2D eigenvalue weighted by Gasteiger charge is 2.37. The molecule has 0 aromatic carbocycles. The van der Waals surface area contributed by atoms with Gasteiger partial charge in [-0.25, -0.2) is 4.79 Å². The van der Waals surface area contributed by atoms with E-state index in [0.717, 1.165) is 0 Å². The van der Waals surface area contributed by atoms with E-state index in [-0.39, 0.29) is 6.04 Å². The molecule has 0 saturated heterocycles. The Labute approximate surface area is 116 Å². The fraction of sp³-hybridized carbons (Fsp3) is 0.923. The molecule has 1 aliphatic carbocycles. The highest BCUT2D eigenvalue weighted by atomic mass is 19.4. The van der Waals surface area contributed by atoms with Gasteiger partial charge in [0.1, 0.15) is 6.61 Å². The van der Waals surface area contributed by atoms with E-state index in [1.54, 1.807) is 0 Å². The number of ether oxygens (including phenoxy) is 1. The predicted molar refractivity (Wildman–Crippen MR) is 67.7 cm³/mol. The van der Waals surface area contributed by atoms with Gasteiger partial charge >= 0.3 is 12.3 Å². The van der Waals surface area contributed by atoms with E-state index in [2.05, 4.69) is 0 Å². The van der Waals surface area contributed by atoms with Crippen molar-refractivity contribution in [3.05, 3.63) is 0 Å². The van der Waals surface area contributed by atoms with Crippen molar-refractivity contribution in [3.8, 4) is 0 Å². The van der Waals surface area contributed by atoms with Crippen LogP contribution in [0.25, 0.3) is 0 Å². The topological polar surface area (TPSA) is 49.8 Å². The second-order valence-corrected chi connectivity index (χ2v) is 6.18. The third-order valence-corrected chi connectivity index (χ3v) is 3.42. The van der Waals surface area contributed by atoms with Crippen LogP contribution in [0.5, 0.6) is 0 Å². The molecule has 0 atom stereocenters. The highest BCUT2D eigenvalue weighted by Crippen LogP contribution is 2.30. The van der Waals surface area contributed by atoms with Crippen LogP contribution in [0.1, 0.15) is 46.5 Å². The van der Waals surface area contributed by atoms with Gasteiger partial charge < -0.3 is 14.7 Å². The highest BCUT2D eigenvalue weighted by molar-refractivity contribution is 5.66. The minimum atomic E-state index is -4.31.